The molecule has 1 aliphatic rings. The van der Waals surface area contributed by atoms with Crippen LogP contribution in [0, 0.1) is 6.92 Å². The van der Waals surface area contributed by atoms with Gasteiger partial charge in [0.25, 0.3) is 0 Å². The summed E-state index contributed by atoms with van der Waals surface area (Å²) >= 11 is 5.91. The van der Waals surface area contributed by atoms with E-state index in [-0.39, 0.29) is 18.2 Å². The lowest BCUT2D eigenvalue weighted by Gasteiger charge is -2.32. The van der Waals surface area contributed by atoms with Crippen LogP contribution in [-0.2, 0) is 9.59 Å². The van der Waals surface area contributed by atoms with Crippen LogP contribution in [-0.4, -0.2) is 54.8 Å². The number of hydrogen-bond acceptors (Lipinski definition) is 3. The molecule has 1 aromatic rings. The smallest absolute Gasteiger partial charge is 0.233 e. The van der Waals surface area contributed by atoms with E-state index >= 15 is 0 Å². The van der Waals surface area contributed by atoms with Crippen LogP contribution in [0.2, 0.25) is 5.02 Å². The summed E-state index contributed by atoms with van der Waals surface area (Å²) in [4.78, 5) is 28.0. The monoisotopic (exact) mass is 309 g/mol. The maximum atomic E-state index is 12.1. The van der Waals surface area contributed by atoms with Crippen LogP contribution < -0.4 is 5.32 Å². The van der Waals surface area contributed by atoms with Gasteiger partial charge in [0, 0.05) is 36.9 Å². The second kappa shape index (κ2) is 6.91. The number of benzene rings is 1. The van der Waals surface area contributed by atoms with Crippen LogP contribution in [0.1, 0.15) is 12.0 Å². The third kappa shape index (κ3) is 4.44. The largest absolute Gasteiger partial charge is 0.340 e. The van der Waals surface area contributed by atoms with Crippen LogP contribution in [0.25, 0.3) is 0 Å². The Morgan fingerprint density at radius 2 is 1.90 bits per heavy atom. The van der Waals surface area contributed by atoms with Gasteiger partial charge in [-0.05, 0) is 31.7 Å². The Balaban J connectivity index is 1.89. The Bertz CT molecular complexity index is 540. The summed E-state index contributed by atoms with van der Waals surface area (Å²) in [5.41, 5.74) is 1.57. The first-order chi connectivity index (χ1) is 9.95. The van der Waals surface area contributed by atoms with Crippen molar-refractivity contribution in [1.82, 2.24) is 9.80 Å². The summed E-state index contributed by atoms with van der Waals surface area (Å²) in [7, 11) is 2.02. The van der Waals surface area contributed by atoms with Crippen LogP contribution in [0.5, 0.6) is 0 Å². The van der Waals surface area contributed by atoms with Gasteiger partial charge in [-0.15, -0.1) is 0 Å². The number of carbonyl (C=O) groups is 2. The summed E-state index contributed by atoms with van der Waals surface area (Å²) in [6.45, 7) is 4.94. The van der Waals surface area contributed by atoms with Gasteiger partial charge in [0.15, 0.2) is 0 Å². The first-order valence-electron chi connectivity index (χ1n) is 6.98. The number of likely N-dealkylation sites (N-methyl/N-ethyl adjacent to an activating group) is 1. The van der Waals surface area contributed by atoms with Crippen molar-refractivity contribution < 1.29 is 9.59 Å². The molecular weight excluding hydrogens is 290 g/mol. The van der Waals surface area contributed by atoms with Crippen LogP contribution in [0.15, 0.2) is 18.2 Å². The van der Waals surface area contributed by atoms with Gasteiger partial charge >= 0.3 is 0 Å². The molecule has 114 valence electrons. The van der Waals surface area contributed by atoms with Gasteiger partial charge in [-0.3, -0.25) is 9.59 Å². The van der Waals surface area contributed by atoms with Crippen molar-refractivity contribution in [2.24, 2.45) is 0 Å². The lowest BCUT2D eigenvalue weighted by molar-refractivity contribution is -0.135. The molecule has 1 N–H and O–H groups in total. The summed E-state index contributed by atoms with van der Waals surface area (Å²) in [6, 6.07) is 5.29. The number of nitrogens with one attached hydrogen (secondary N) is 1. The fourth-order valence-corrected chi connectivity index (χ4v) is 2.40. The van der Waals surface area contributed by atoms with E-state index in [1.165, 1.54) is 0 Å². The minimum Gasteiger partial charge on any atom is -0.340 e. The molecular formula is C15H20ClN3O2. The highest BCUT2D eigenvalue weighted by molar-refractivity contribution is 6.31. The molecule has 1 aliphatic heterocycles. The van der Waals surface area contributed by atoms with E-state index < -0.39 is 0 Å². The summed E-state index contributed by atoms with van der Waals surface area (Å²) < 4.78 is 0. The number of aryl methyl sites for hydroxylation is 1. The van der Waals surface area contributed by atoms with Crippen molar-refractivity contribution in [2.45, 2.75) is 13.3 Å². The summed E-state index contributed by atoms with van der Waals surface area (Å²) in [5.74, 6) is -0.426. The number of hydrogen-bond donors (Lipinski definition) is 1. The molecule has 0 aromatic heterocycles. The number of halogens is 1. The lowest BCUT2D eigenvalue weighted by Crippen LogP contribution is -2.47. The van der Waals surface area contributed by atoms with Gasteiger partial charge in [0.2, 0.25) is 11.8 Å². The highest BCUT2D eigenvalue weighted by Crippen LogP contribution is 2.20. The lowest BCUT2D eigenvalue weighted by atomic mass is 10.2. The van der Waals surface area contributed by atoms with Gasteiger partial charge < -0.3 is 15.1 Å². The Morgan fingerprint density at radius 3 is 2.57 bits per heavy atom. The molecule has 0 atom stereocenters. The third-order valence-corrected chi connectivity index (χ3v) is 3.88. The first-order valence-corrected chi connectivity index (χ1v) is 7.36. The molecule has 21 heavy (non-hydrogen) atoms. The average molecular weight is 310 g/mol. The van der Waals surface area contributed by atoms with Crippen LogP contribution in [0.4, 0.5) is 5.69 Å². The van der Waals surface area contributed by atoms with Crippen molar-refractivity contribution in [2.75, 3.05) is 38.5 Å². The first kappa shape index (κ1) is 15.8. The maximum Gasteiger partial charge on any atom is 0.233 e. The molecule has 0 bridgehead atoms. The molecule has 2 rings (SSSR count). The Labute approximate surface area is 129 Å². The molecule has 1 aromatic carbocycles. The second-order valence-electron chi connectivity index (χ2n) is 5.37. The van der Waals surface area contributed by atoms with E-state index in [4.69, 9.17) is 11.6 Å². The molecule has 0 aliphatic carbocycles. The Morgan fingerprint density at radius 1 is 1.24 bits per heavy atom. The average Bonchev–Trinajstić information content (AvgIpc) is 2.43. The van der Waals surface area contributed by atoms with Gasteiger partial charge in [-0.25, -0.2) is 0 Å². The van der Waals surface area contributed by atoms with E-state index in [1.807, 2.05) is 20.0 Å². The zero-order chi connectivity index (χ0) is 15.4. The summed E-state index contributed by atoms with van der Waals surface area (Å²) in [6.07, 6.45) is -0.129. The number of piperazine rings is 1. The molecule has 6 heteroatoms. The Hall–Kier alpha value is -1.59. The van der Waals surface area contributed by atoms with E-state index in [1.54, 1.807) is 17.0 Å². The summed E-state index contributed by atoms with van der Waals surface area (Å²) in [5, 5.41) is 3.31. The SMILES string of the molecule is Cc1ccc(Cl)cc1NC(=O)CC(=O)N1CCN(C)CC1. The van der Waals surface area contributed by atoms with Crippen molar-refractivity contribution in [1.29, 1.82) is 0 Å². The van der Waals surface area contributed by atoms with Gasteiger partial charge in [0.05, 0.1) is 0 Å². The van der Waals surface area contributed by atoms with E-state index in [9.17, 15) is 9.59 Å². The molecule has 0 saturated carbocycles. The topological polar surface area (TPSA) is 52.7 Å². The molecule has 5 nitrogen and oxygen atoms in total. The van der Waals surface area contributed by atoms with Crippen molar-refractivity contribution in [3.05, 3.63) is 28.8 Å². The fourth-order valence-electron chi connectivity index (χ4n) is 2.23. The highest BCUT2D eigenvalue weighted by Gasteiger charge is 2.21. The minimum absolute atomic E-state index is 0.125. The second-order valence-corrected chi connectivity index (χ2v) is 5.80. The molecule has 1 heterocycles. The minimum atomic E-state index is -0.302. The predicted molar refractivity (Wildman–Crippen MR) is 83.5 cm³/mol. The molecule has 2 amide bonds. The van der Waals surface area contributed by atoms with Crippen molar-refractivity contribution in [3.8, 4) is 0 Å². The van der Waals surface area contributed by atoms with Gasteiger partial charge in [0.1, 0.15) is 6.42 Å². The zero-order valence-electron chi connectivity index (χ0n) is 12.4. The van der Waals surface area contributed by atoms with E-state index in [0.717, 1.165) is 18.7 Å². The highest BCUT2D eigenvalue weighted by atomic mass is 35.5. The van der Waals surface area contributed by atoms with Crippen molar-refractivity contribution in [3.63, 3.8) is 0 Å². The number of rotatable bonds is 3. The standard InChI is InChI=1S/C15H20ClN3O2/c1-11-3-4-12(16)9-13(11)17-14(20)10-15(21)19-7-5-18(2)6-8-19/h3-4,9H,5-8,10H2,1-2H3,(H,17,20). The number of anilines is 1. The van der Waals surface area contributed by atoms with E-state index in [2.05, 4.69) is 10.2 Å². The molecule has 0 unspecified atom stereocenters. The molecule has 0 spiro atoms. The maximum absolute atomic E-state index is 12.1. The fraction of sp³-hybridized carbons (Fsp3) is 0.467. The number of amides is 2. The van der Waals surface area contributed by atoms with Crippen LogP contribution in [0.3, 0.4) is 0 Å². The van der Waals surface area contributed by atoms with Gasteiger partial charge in [-0.1, -0.05) is 17.7 Å². The van der Waals surface area contributed by atoms with Crippen LogP contribution >= 0.6 is 11.6 Å². The normalized spacial score (nSPS) is 15.9. The molecule has 1 fully saturated rings. The molecule has 1 saturated heterocycles. The molecule has 0 radical (unpaired) electrons. The number of nitrogens with zero attached hydrogens (tertiary/aromatic N) is 2. The quantitative estimate of drug-likeness (QED) is 0.866. The van der Waals surface area contributed by atoms with E-state index in [0.29, 0.717) is 23.8 Å². The van der Waals surface area contributed by atoms with Crippen molar-refractivity contribution >= 4 is 29.1 Å². The Kier molecular flexibility index (Phi) is 5.20. The number of carbonyl (C=O) groups excluding carboxylic acids is 2. The zero-order valence-corrected chi connectivity index (χ0v) is 13.1. The predicted octanol–water partition coefficient (Wildman–Crippen LogP) is 1.75. The van der Waals surface area contributed by atoms with Gasteiger partial charge in [-0.2, -0.15) is 0 Å². The third-order valence-electron chi connectivity index (χ3n) is 3.64.